The smallest absolute Gasteiger partial charge is 0.254 e. The highest BCUT2D eigenvalue weighted by Crippen LogP contribution is 2.33. The molecule has 158 valence electrons. The van der Waals surface area contributed by atoms with E-state index in [4.69, 9.17) is 0 Å². The van der Waals surface area contributed by atoms with Crippen LogP contribution in [0.25, 0.3) is 0 Å². The van der Waals surface area contributed by atoms with Gasteiger partial charge in [0.1, 0.15) is 0 Å². The largest absolute Gasteiger partial charge is 0.336 e. The minimum atomic E-state index is -3.36. The number of amides is 1. The summed E-state index contributed by atoms with van der Waals surface area (Å²) >= 11 is 0. The monoisotopic (exact) mass is 408 g/mol. The van der Waals surface area contributed by atoms with Crippen LogP contribution in [-0.4, -0.2) is 49.1 Å². The van der Waals surface area contributed by atoms with Crippen LogP contribution in [0.5, 0.6) is 0 Å². The fourth-order valence-corrected chi connectivity index (χ4v) is 5.13. The average molecular weight is 409 g/mol. The highest BCUT2D eigenvalue weighted by Gasteiger charge is 2.41. The van der Waals surface area contributed by atoms with Gasteiger partial charge in [0.05, 0.1) is 4.90 Å². The van der Waals surface area contributed by atoms with Gasteiger partial charge in [-0.2, -0.15) is 0 Å². The molecule has 1 fully saturated rings. The van der Waals surface area contributed by atoms with Crippen LogP contribution in [0, 0.1) is 6.92 Å². The van der Waals surface area contributed by atoms with E-state index in [2.05, 4.69) is 39.9 Å². The summed E-state index contributed by atoms with van der Waals surface area (Å²) in [7, 11) is -3.36. The molecule has 1 N–H and O–H groups in total. The first-order valence-corrected chi connectivity index (χ1v) is 12.1. The summed E-state index contributed by atoms with van der Waals surface area (Å²) in [6.45, 7) is 13.4. The summed E-state index contributed by atoms with van der Waals surface area (Å²) in [6, 6.07) is 4.97. The van der Waals surface area contributed by atoms with Crippen molar-refractivity contribution in [3.63, 3.8) is 0 Å². The zero-order valence-corrected chi connectivity index (χ0v) is 19.2. The number of hydrogen-bond donors (Lipinski definition) is 1. The third kappa shape index (κ3) is 5.57. The van der Waals surface area contributed by atoms with Crippen molar-refractivity contribution in [2.75, 3.05) is 12.8 Å². The summed E-state index contributed by atoms with van der Waals surface area (Å²) in [5.41, 5.74) is 1.17. The molecule has 0 saturated carbocycles. The molecule has 2 rings (SSSR count). The van der Waals surface area contributed by atoms with Gasteiger partial charge in [0.2, 0.25) is 0 Å². The summed E-state index contributed by atoms with van der Waals surface area (Å²) in [5, 5.41) is 3.67. The Bertz CT molecular complexity index is 812. The first-order chi connectivity index (χ1) is 12.8. The zero-order valence-electron chi connectivity index (χ0n) is 18.4. The van der Waals surface area contributed by atoms with Gasteiger partial charge < -0.3 is 10.2 Å². The van der Waals surface area contributed by atoms with E-state index in [1.54, 1.807) is 18.2 Å². The highest BCUT2D eigenvalue weighted by atomic mass is 32.2. The van der Waals surface area contributed by atoms with Crippen LogP contribution >= 0.6 is 0 Å². The summed E-state index contributed by atoms with van der Waals surface area (Å²) in [4.78, 5) is 15.8. The van der Waals surface area contributed by atoms with E-state index in [-0.39, 0.29) is 27.9 Å². The van der Waals surface area contributed by atoms with Crippen molar-refractivity contribution in [3.8, 4) is 0 Å². The molecule has 0 spiro atoms. The van der Waals surface area contributed by atoms with Gasteiger partial charge in [-0.25, -0.2) is 8.42 Å². The Labute approximate surface area is 170 Å². The number of benzene rings is 1. The molecular formula is C22H36N2O3S. The van der Waals surface area contributed by atoms with E-state index in [1.165, 1.54) is 6.26 Å². The van der Waals surface area contributed by atoms with E-state index in [1.807, 2.05) is 11.8 Å². The minimum absolute atomic E-state index is 0.0602. The highest BCUT2D eigenvalue weighted by molar-refractivity contribution is 7.90. The second kappa shape index (κ2) is 8.15. The number of piperidine rings is 1. The molecule has 1 heterocycles. The molecule has 1 aromatic carbocycles. The normalized spacial score (nSPS) is 19.4. The number of nitrogens with one attached hydrogen (secondary N) is 1. The van der Waals surface area contributed by atoms with Gasteiger partial charge in [-0.05, 0) is 71.6 Å². The molecule has 1 aromatic rings. The van der Waals surface area contributed by atoms with Crippen molar-refractivity contribution >= 4 is 15.7 Å². The van der Waals surface area contributed by atoms with E-state index in [0.717, 1.165) is 31.2 Å². The Morgan fingerprint density at radius 3 is 2.25 bits per heavy atom. The lowest BCUT2D eigenvalue weighted by atomic mass is 9.78. The quantitative estimate of drug-likeness (QED) is 0.774. The number of carbonyl (C=O) groups is 1. The van der Waals surface area contributed by atoms with Crippen LogP contribution < -0.4 is 5.32 Å². The number of aryl methyl sites for hydroxylation is 1. The molecule has 1 aliphatic rings. The van der Waals surface area contributed by atoms with Crippen LogP contribution in [0.2, 0.25) is 0 Å². The van der Waals surface area contributed by atoms with E-state index >= 15 is 0 Å². The second-order valence-electron chi connectivity index (χ2n) is 9.56. The number of hydrogen-bond acceptors (Lipinski definition) is 4. The minimum Gasteiger partial charge on any atom is -0.336 e. The first kappa shape index (κ1) is 22.9. The topological polar surface area (TPSA) is 66.5 Å². The summed E-state index contributed by atoms with van der Waals surface area (Å²) < 4.78 is 24.0. The van der Waals surface area contributed by atoms with Crippen molar-refractivity contribution < 1.29 is 13.2 Å². The van der Waals surface area contributed by atoms with Gasteiger partial charge in [-0.15, -0.1) is 0 Å². The van der Waals surface area contributed by atoms with Crippen molar-refractivity contribution in [3.05, 3.63) is 29.3 Å². The molecule has 1 saturated heterocycles. The Morgan fingerprint density at radius 2 is 1.75 bits per heavy atom. The van der Waals surface area contributed by atoms with E-state index in [9.17, 15) is 13.2 Å². The Balaban J connectivity index is 2.44. The molecule has 0 aromatic heterocycles. The van der Waals surface area contributed by atoms with E-state index in [0.29, 0.717) is 12.1 Å². The lowest BCUT2D eigenvalue weighted by molar-refractivity contribution is 0.0441. The van der Waals surface area contributed by atoms with Crippen LogP contribution in [0.1, 0.15) is 76.2 Å². The van der Waals surface area contributed by atoms with Gasteiger partial charge >= 0.3 is 0 Å². The number of sulfone groups is 1. The molecular weight excluding hydrogens is 372 g/mol. The molecule has 1 aliphatic heterocycles. The zero-order chi connectivity index (χ0) is 21.3. The van der Waals surface area contributed by atoms with Gasteiger partial charge in [0.25, 0.3) is 5.91 Å². The third-order valence-electron chi connectivity index (χ3n) is 5.49. The maximum atomic E-state index is 13.6. The SMILES string of the molecule is CCCCN(C(=O)c1cc(S(C)(=O)=O)ccc1C)C1CC(C)(C)NC(C)(C)C1. The molecule has 0 aliphatic carbocycles. The summed E-state index contributed by atoms with van der Waals surface area (Å²) in [6.07, 6.45) is 4.86. The maximum Gasteiger partial charge on any atom is 0.254 e. The van der Waals surface area contributed by atoms with Gasteiger partial charge in [-0.3, -0.25) is 4.79 Å². The van der Waals surface area contributed by atoms with Gasteiger partial charge in [0.15, 0.2) is 9.84 Å². The number of rotatable bonds is 6. The van der Waals surface area contributed by atoms with Crippen LogP contribution in [-0.2, 0) is 9.84 Å². The van der Waals surface area contributed by atoms with Crippen LogP contribution in [0.3, 0.4) is 0 Å². The summed E-state index contributed by atoms with van der Waals surface area (Å²) in [5.74, 6) is -0.0602. The van der Waals surface area contributed by atoms with Crippen molar-refractivity contribution in [1.29, 1.82) is 0 Å². The van der Waals surface area contributed by atoms with Crippen LogP contribution in [0.15, 0.2) is 23.1 Å². The van der Waals surface area contributed by atoms with Gasteiger partial charge in [0, 0.05) is 35.5 Å². The molecule has 0 atom stereocenters. The lowest BCUT2D eigenvalue weighted by Gasteiger charge is -2.49. The first-order valence-electron chi connectivity index (χ1n) is 10.2. The van der Waals surface area contributed by atoms with Crippen LogP contribution in [0.4, 0.5) is 0 Å². The average Bonchev–Trinajstić information content (AvgIpc) is 2.51. The molecule has 0 radical (unpaired) electrons. The molecule has 6 heteroatoms. The standard InChI is InChI=1S/C22H36N2O3S/c1-8-9-12-24(17-14-21(3,4)23-22(5,6)15-17)20(25)19-13-18(28(7,26)27)11-10-16(19)2/h10-11,13,17,23H,8-9,12,14-15H2,1-7H3. The lowest BCUT2D eigenvalue weighted by Crippen LogP contribution is -2.63. The number of unbranched alkanes of at least 4 members (excludes halogenated alkanes) is 1. The van der Waals surface area contributed by atoms with E-state index < -0.39 is 9.84 Å². The Morgan fingerprint density at radius 1 is 1.18 bits per heavy atom. The van der Waals surface area contributed by atoms with Crippen molar-refractivity contribution in [2.45, 2.75) is 89.2 Å². The van der Waals surface area contributed by atoms with Crippen molar-refractivity contribution in [1.82, 2.24) is 10.2 Å². The third-order valence-corrected chi connectivity index (χ3v) is 6.60. The Kier molecular flexibility index (Phi) is 6.66. The maximum absolute atomic E-state index is 13.6. The number of carbonyl (C=O) groups excluding carboxylic acids is 1. The number of nitrogens with zero attached hydrogens (tertiary/aromatic N) is 1. The Hall–Kier alpha value is -1.40. The molecule has 1 amide bonds. The second-order valence-corrected chi connectivity index (χ2v) is 11.6. The fraction of sp³-hybridized carbons (Fsp3) is 0.682. The van der Waals surface area contributed by atoms with Crippen molar-refractivity contribution in [2.24, 2.45) is 0 Å². The molecule has 0 unspecified atom stereocenters. The predicted molar refractivity (Wildman–Crippen MR) is 115 cm³/mol. The predicted octanol–water partition coefficient (Wildman–Crippen LogP) is 3.95. The fourth-order valence-electron chi connectivity index (χ4n) is 4.48. The molecule has 5 nitrogen and oxygen atoms in total. The molecule has 28 heavy (non-hydrogen) atoms. The molecule has 0 bridgehead atoms. The van der Waals surface area contributed by atoms with Gasteiger partial charge in [-0.1, -0.05) is 19.4 Å².